The van der Waals surface area contributed by atoms with Gasteiger partial charge in [-0.05, 0) is 6.21 Å². The van der Waals surface area contributed by atoms with Crippen LogP contribution >= 0.6 is 0 Å². The zero-order valence-electron chi connectivity index (χ0n) is 5.41. The molecule has 0 aromatic carbocycles. The van der Waals surface area contributed by atoms with E-state index in [1.165, 1.54) is 6.21 Å². The summed E-state index contributed by atoms with van der Waals surface area (Å²) in [4.78, 5) is 0. The number of nitrogens with two attached hydrogens (primary N) is 1. The van der Waals surface area contributed by atoms with Crippen LogP contribution in [0.15, 0.2) is 6.20 Å². The molecule has 0 aliphatic carbocycles. The second-order valence-electron chi connectivity index (χ2n) is 1.94. The van der Waals surface area contributed by atoms with Crippen LogP contribution in [0.3, 0.4) is 0 Å². The highest BCUT2D eigenvalue weighted by atomic mass is 15.3. The number of hydrogen-bond acceptors (Lipinski definition) is 4. The Bertz CT molecular complexity index is 192. The fourth-order valence-electron chi connectivity index (χ4n) is 0.637. The lowest BCUT2D eigenvalue weighted by Gasteiger charge is -2.00. The number of nitrogens with zero attached hydrogens (tertiary/aromatic N) is 2. The normalized spacial score (nSPS) is 12.9. The first kappa shape index (κ1) is 6.88. The van der Waals surface area contributed by atoms with Crippen molar-refractivity contribution in [1.82, 2.24) is 15.4 Å². The van der Waals surface area contributed by atoms with Crippen molar-refractivity contribution in [3.63, 3.8) is 0 Å². The Balaban J connectivity index is 2.58. The lowest BCUT2D eigenvalue weighted by molar-refractivity contribution is 0.729. The molecular weight excluding hydrogens is 130 g/mol. The molecule has 1 heterocycles. The molecule has 1 aromatic rings. The molecule has 54 valence electrons. The van der Waals surface area contributed by atoms with Gasteiger partial charge in [0.05, 0.1) is 17.9 Å². The maximum atomic E-state index is 6.77. The predicted molar refractivity (Wildman–Crippen MR) is 36.7 cm³/mol. The van der Waals surface area contributed by atoms with Gasteiger partial charge in [-0.2, -0.15) is 15.4 Å². The molecule has 10 heavy (non-hydrogen) atoms. The van der Waals surface area contributed by atoms with E-state index in [1.807, 2.05) is 0 Å². The summed E-state index contributed by atoms with van der Waals surface area (Å²) in [7, 11) is 0. The number of aromatic nitrogens is 3. The van der Waals surface area contributed by atoms with Gasteiger partial charge in [-0.15, -0.1) is 0 Å². The molecule has 5 heteroatoms. The minimum absolute atomic E-state index is 0.198. The first-order valence-electron chi connectivity index (χ1n) is 2.94. The van der Waals surface area contributed by atoms with E-state index in [0.717, 1.165) is 0 Å². The molecule has 1 rings (SSSR count). The Hall–Kier alpha value is -1.23. The van der Waals surface area contributed by atoms with Gasteiger partial charge in [0, 0.05) is 6.42 Å². The van der Waals surface area contributed by atoms with Gasteiger partial charge in [0.15, 0.2) is 0 Å². The second kappa shape index (κ2) is 3.07. The third kappa shape index (κ3) is 1.38. The quantitative estimate of drug-likeness (QED) is 0.508. The highest BCUT2D eigenvalue weighted by molar-refractivity contribution is 5.54. The average molecular weight is 139 g/mol. The van der Waals surface area contributed by atoms with Gasteiger partial charge in [-0.25, -0.2) is 0 Å². The van der Waals surface area contributed by atoms with Crippen molar-refractivity contribution in [1.29, 1.82) is 5.41 Å². The summed E-state index contributed by atoms with van der Waals surface area (Å²) >= 11 is 0. The van der Waals surface area contributed by atoms with Crippen LogP contribution in [0, 0.1) is 5.41 Å². The fourth-order valence-corrected chi connectivity index (χ4v) is 0.637. The van der Waals surface area contributed by atoms with Crippen LogP contribution in [0.25, 0.3) is 0 Å². The molecule has 1 aromatic heterocycles. The zero-order valence-corrected chi connectivity index (χ0v) is 5.41. The molecule has 0 saturated carbocycles. The van der Waals surface area contributed by atoms with Gasteiger partial charge in [-0.1, -0.05) is 0 Å². The number of rotatable bonds is 3. The molecule has 0 radical (unpaired) electrons. The summed E-state index contributed by atoms with van der Waals surface area (Å²) in [6, 6.07) is -0.198. The monoisotopic (exact) mass is 139 g/mol. The summed E-state index contributed by atoms with van der Waals surface area (Å²) in [5, 5.41) is 16.6. The van der Waals surface area contributed by atoms with E-state index in [-0.39, 0.29) is 6.04 Å². The van der Waals surface area contributed by atoms with E-state index in [0.29, 0.717) is 12.1 Å². The van der Waals surface area contributed by atoms with Crippen molar-refractivity contribution in [2.45, 2.75) is 12.5 Å². The first-order chi connectivity index (χ1) is 4.84. The van der Waals surface area contributed by atoms with Gasteiger partial charge in [0.1, 0.15) is 0 Å². The Morgan fingerprint density at radius 1 is 1.90 bits per heavy atom. The molecule has 0 aliphatic rings. The molecule has 0 aliphatic heterocycles. The van der Waals surface area contributed by atoms with Crippen molar-refractivity contribution >= 4 is 6.21 Å². The van der Waals surface area contributed by atoms with Gasteiger partial charge in [0.25, 0.3) is 0 Å². The minimum Gasteiger partial charge on any atom is -0.322 e. The van der Waals surface area contributed by atoms with Crippen molar-refractivity contribution < 1.29 is 0 Å². The van der Waals surface area contributed by atoms with Crippen LogP contribution in [-0.2, 0) is 0 Å². The Morgan fingerprint density at radius 2 is 2.70 bits per heavy atom. The third-order valence-electron chi connectivity index (χ3n) is 1.19. The first-order valence-corrected chi connectivity index (χ1v) is 2.94. The Morgan fingerprint density at radius 3 is 3.20 bits per heavy atom. The topological polar surface area (TPSA) is 91.4 Å². The molecule has 4 N–H and O–H groups in total. The summed E-state index contributed by atoms with van der Waals surface area (Å²) in [6.45, 7) is 0. The van der Waals surface area contributed by atoms with Crippen molar-refractivity contribution in [2.24, 2.45) is 5.73 Å². The molecular formula is C5H9N5. The van der Waals surface area contributed by atoms with E-state index >= 15 is 0 Å². The van der Waals surface area contributed by atoms with Gasteiger partial charge < -0.3 is 11.1 Å². The third-order valence-corrected chi connectivity index (χ3v) is 1.19. The molecule has 0 amide bonds. The van der Waals surface area contributed by atoms with E-state index in [2.05, 4.69) is 15.4 Å². The van der Waals surface area contributed by atoms with E-state index in [1.54, 1.807) is 6.20 Å². The Labute approximate surface area is 58.1 Å². The van der Waals surface area contributed by atoms with Crippen LogP contribution in [-0.4, -0.2) is 21.6 Å². The van der Waals surface area contributed by atoms with Crippen molar-refractivity contribution in [3.05, 3.63) is 11.9 Å². The standard InChI is InChI=1S/C5H9N5/c6-2-1-4(7)5-3-8-10-9-5/h2-4,6H,1,7H2,(H,8,9,10)/t4-/m0/s1. The Kier molecular flexibility index (Phi) is 2.11. The van der Waals surface area contributed by atoms with E-state index < -0.39 is 0 Å². The van der Waals surface area contributed by atoms with Crippen molar-refractivity contribution in [2.75, 3.05) is 0 Å². The average Bonchev–Trinajstić information content (AvgIpc) is 2.38. The zero-order chi connectivity index (χ0) is 7.40. The van der Waals surface area contributed by atoms with Crippen molar-refractivity contribution in [3.8, 4) is 0 Å². The molecule has 0 bridgehead atoms. The van der Waals surface area contributed by atoms with Gasteiger partial charge in [-0.3, -0.25) is 0 Å². The predicted octanol–water partition coefficient (Wildman–Crippen LogP) is -0.156. The summed E-state index contributed by atoms with van der Waals surface area (Å²) < 4.78 is 0. The van der Waals surface area contributed by atoms with E-state index in [9.17, 15) is 0 Å². The lowest BCUT2D eigenvalue weighted by Crippen LogP contribution is -2.10. The number of nitrogens with one attached hydrogen (secondary N) is 2. The summed E-state index contributed by atoms with van der Waals surface area (Å²) in [5.41, 5.74) is 6.27. The van der Waals surface area contributed by atoms with Crippen LogP contribution < -0.4 is 5.73 Å². The molecule has 1 atom stereocenters. The fraction of sp³-hybridized carbons (Fsp3) is 0.400. The van der Waals surface area contributed by atoms with Crippen LogP contribution in [0.5, 0.6) is 0 Å². The van der Waals surface area contributed by atoms with Gasteiger partial charge in [0.2, 0.25) is 0 Å². The minimum atomic E-state index is -0.198. The molecule has 5 nitrogen and oxygen atoms in total. The largest absolute Gasteiger partial charge is 0.322 e. The molecule has 0 fully saturated rings. The maximum Gasteiger partial charge on any atom is 0.0995 e. The molecule has 0 unspecified atom stereocenters. The highest BCUT2D eigenvalue weighted by Crippen LogP contribution is 2.05. The number of aromatic amines is 1. The van der Waals surface area contributed by atoms with Crippen LogP contribution in [0.4, 0.5) is 0 Å². The lowest BCUT2D eigenvalue weighted by atomic mass is 10.2. The summed E-state index contributed by atoms with van der Waals surface area (Å²) in [5.74, 6) is 0. The molecule has 0 saturated heterocycles. The van der Waals surface area contributed by atoms with Gasteiger partial charge >= 0.3 is 0 Å². The van der Waals surface area contributed by atoms with Crippen LogP contribution in [0.1, 0.15) is 18.2 Å². The van der Waals surface area contributed by atoms with E-state index in [4.69, 9.17) is 11.1 Å². The number of hydrogen-bond donors (Lipinski definition) is 3. The highest BCUT2D eigenvalue weighted by Gasteiger charge is 2.05. The number of H-pyrrole nitrogens is 1. The molecule has 0 spiro atoms. The smallest absolute Gasteiger partial charge is 0.0995 e. The maximum absolute atomic E-state index is 6.77. The SMILES string of the molecule is N=CC[C@H](N)c1cn[nH]n1. The van der Waals surface area contributed by atoms with Crippen LogP contribution in [0.2, 0.25) is 0 Å². The second-order valence-corrected chi connectivity index (χ2v) is 1.94. The summed E-state index contributed by atoms with van der Waals surface area (Å²) in [6.07, 6.45) is 3.33.